The molecule has 3 heterocycles. The van der Waals surface area contributed by atoms with Gasteiger partial charge in [0.15, 0.2) is 5.76 Å². The summed E-state index contributed by atoms with van der Waals surface area (Å²) in [5.74, 6) is -1.83. The fourth-order valence-corrected chi connectivity index (χ4v) is 6.06. The molecule has 1 amide bonds. The minimum absolute atomic E-state index is 0.0721. The van der Waals surface area contributed by atoms with Crippen molar-refractivity contribution in [3.8, 4) is 10.6 Å². The van der Waals surface area contributed by atoms with Gasteiger partial charge in [0.25, 0.3) is 5.91 Å². The van der Waals surface area contributed by atoms with Crippen molar-refractivity contribution in [2.24, 2.45) is 0 Å². The van der Waals surface area contributed by atoms with Crippen LogP contribution < -0.4 is 0 Å². The molecule has 0 saturated carbocycles. The average Bonchev–Trinajstić information content (AvgIpc) is 3.59. The van der Waals surface area contributed by atoms with Gasteiger partial charge >= 0.3 is 0 Å². The maximum Gasteiger partial charge on any atom is 0.290 e. The fourth-order valence-electron chi connectivity index (χ4n) is 4.19. The maximum atomic E-state index is 13.8. The lowest BCUT2D eigenvalue weighted by atomic mass is 10.00. The minimum Gasteiger partial charge on any atom is -0.503 e. The second kappa shape index (κ2) is 9.56. The molecule has 1 aliphatic rings. The van der Waals surface area contributed by atoms with E-state index >= 15 is 0 Å². The molecule has 1 aliphatic heterocycles. The Hall–Kier alpha value is -3.62. The van der Waals surface area contributed by atoms with Crippen LogP contribution in [-0.4, -0.2) is 33.2 Å². The first-order valence-corrected chi connectivity index (χ1v) is 12.7. The summed E-state index contributed by atoms with van der Waals surface area (Å²) in [5.41, 5.74) is 2.38. The van der Waals surface area contributed by atoms with Crippen molar-refractivity contribution >= 4 is 34.4 Å². The van der Waals surface area contributed by atoms with Crippen molar-refractivity contribution in [2.75, 3.05) is 6.54 Å². The van der Waals surface area contributed by atoms with E-state index in [9.17, 15) is 19.1 Å². The molecule has 2 aromatic heterocycles. The zero-order valence-corrected chi connectivity index (χ0v) is 20.4. The van der Waals surface area contributed by atoms with Crippen LogP contribution in [0.5, 0.6) is 0 Å². The number of aryl methyl sites for hydroxylation is 1. The van der Waals surface area contributed by atoms with Gasteiger partial charge in [0.2, 0.25) is 5.78 Å². The molecule has 0 aliphatic carbocycles. The molecule has 4 aromatic rings. The number of thiophene rings is 1. The van der Waals surface area contributed by atoms with E-state index in [-0.39, 0.29) is 17.9 Å². The summed E-state index contributed by atoms with van der Waals surface area (Å²) in [7, 11) is 0. The molecule has 5 nitrogen and oxygen atoms in total. The summed E-state index contributed by atoms with van der Waals surface area (Å²) in [6.45, 7) is 2.03. The third-order valence-electron chi connectivity index (χ3n) is 5.94. The molecule has 1 N–H and O–H groups in total. The van der Waals surface area contributed by atoms with Crippen LogP contribution in [0.15, 0.2) is 83.4 Å². The number of halogens is 1. The Bertz CT molecular complexity index is 1410. The van der Waals surface area contributed by atoms with Gasteiger partial charge in [-0.1, -0.05) is 48.5 Å². The van der Waals surface area contributed by atoms with Crippen LogP contribution in [0.1, 0.15) is 31.8 Å². The highest BCUT2D eigenvalue weighted by Crippen LogP contribution is 2.42. The van der Waals surface area contributed by atoms with Gasteiger partial charge in [-0.2, -0.15) is 0 Å². The fraction of sp³-hybridized carbons (Fsp3) is 0.148. The van der Waals surface area contributed by atoms with Crippen molar-refractivity contribution in [1.29, 1.82) is 0 Å². The van der Waals surface area contributed by atoms with E-state index in [4.69, 9.17) is 0 Å². The summed E-state index contributed by atoms with van der Waals surface area (Å²) >= 11 is 2.68. The zero-order valence-electron chi connectivity index (χ0n) is 18.8. The first-order chi connectivity index (χ1) is 16.9. The number of ketones is 1. The van der Waals surface area contributed by atoms with Crippen LogP contribution in [-0.2, 0) is 11.2 Å². The van der Waals surface area contributed by atoms with Crippen LogP contribution in [0.4, 0.5) is 4.39 Å². The van der Waals surface area contributed by atoms with Gasteiger partial charge in [-0.3, -0.25) is 9.59 Å². The molecule has 0 fully saturated rings. The van der Waals surface area contributed by atoms with Gasteiger partial charge in [-0.05, 0) is 42.5 Å². The summed E-state index contributed by atoms with van der Waals surface area (Å²) in [4.78, 5) is 34.2. The number of Topliss-reactive ketones (excluding diaryl/α,β-unsaturated/α-hetero) is 1. The van der Waals surface area contributed by atoms with Gasteiger partial charge in [0, 0.05) is 17.0 Å². The van der Waals surface area contributed by atoms with E-state index in [0.717, 1.165) is 16.0 Å². The van der Waals surface area contributed by atoms with Crippen molar-refractivity contribution < 1.29 is 19.1 Å². The quantitative estimate of drug-likeness (QED) is 0.307. The topological polar surface area (TPSA) is 70.5 Å². The molecule has 1 atom stereocenters. The smallest absolute Gasteiger partial charge is 0.290 e. The number of aromatic nitrogens is 1. The third-order valence-corrected chi connectivity index (χ3v) is 8.07. The van der Waals surface area contributed by atoms with Crippen molar-refractivity contribution in [1.82, 2.24) is 9.88 Å². The normalized spacial score (nSPS) is 15.8. The molecule has 2 aromatic carbocycles. The highest BCUT2D eigenvalue weighted by Gasteiger charge is 2.44. The van der Waals surface area contributed by atoms with Crippen LogP contribution in [0.2, 0.25) is 0 Å². The third kappa shape index (κ3) is 4.42. The van der Waals surface area contributed by atoms with Crippen molar-refractivity contribution in [3.63, 3.8) is 0 Å². The average molecular weight is 505 g/mol. The molecule has 0 radical (unpaired) electrons. The standard InChI is InChI=1S/C27H21FN2O3S2/c1-16-25(35-26(29-16)18-6-3-2-4-7-18)23(31)21-22(20-8-5-15-34-20)30(27(33)24(21)32)14-13-17-9-11-19(28)12-10-17/h2-12,15,22,32H,13-14H2,1H3. The maximum absolute atomic E-state index is 13.8. The van der Waals surface area contributed by atoms with Gasteiger partial charge in [-0.15, -0.1) is 22.7 Å². The molecule has 176 valence electrons. The van der Waals surface area contributed by atoms with Gasteiger partial charge in [-0.25, -0.2) is 9.37 Å². The highest BCUT2D eigenvalue weighted by atomic mass is 32.1. The molecular weight excluding hydrogens is 483 g/mol. The number of aliphatic hydroxyl groups excluding tert-OH is 1. The number of benzene rings is 2. The molecular formula is C27H21FN2O3S2. The number of hydrogen-bond acceptors (Lipinski definition) is 6. The minimum atomic E-state index is -0.697. The first kappa shape index (κ1) is 23.1. The number of aliphatic hydroxyl groups is 1. The molecule has 0 bridgehead atoms. The number of carbonyl (C=O) groups excluding carboxylic acids is 2. The Morgan fingerprint density at radius 1 is 1.09 bits per heavy atom. The lowest BCUT2D eigenvalue weighted by Crippen LogP contribution is -2.32. The van der Waals surface area contributed by atoms with Crippen LogP contribution in [0.3, 0.4) is 0 Å². The van der Waals surface area contributed by atoms with Crippen LogP contribution in [0, 0.1) is 12.7 Å². The number of carbonyl (C=O) groups is 2. The van der Waals surface area contributed by atoms with E-state index in [2.05, 4.69) is 4.98 Å². The van der Waals surface area contributed by atoms with E-state index in [1.165, 1.54) is 39.7 Å². The second-order valence-electron chi connectivity index (χ2n) is 8.18. The largest absolute Gasteiger partial charge is 0.503 e. The SMILES string of the molecule is Cc1nc(-c2ccccc2)sc1C(=O)C1=C(O)C(=O)N(CCc2ccc(F)cc2)C1c1cccs1. The summed E-state index contributed by atoms with van der Waals surface area (Å²) in [6.07, 6.45) is 0.459. The Labute approximate surface area is 209 Å². The second-order valence-corrected chi connectivity index (χ2v) is 10.2. The van der Waals surface area contributed by atoms with E-state index in [1.54, 1.807) is 19.1 Å². The van der Waals surface area contributed by atoms with Crippen molar-refractivity contribution in [3.05, 3.63) is 110 Å². The van der Waals surface area contributed by atoms with Gasteiger partial charge in [0.1, 0.15) is 10.8 Å². The lowest BCUT2D eigenvalue weighted by molar-refractivity contribution is -0.129. The van der Waals surface area contributed by atoms with Gasteiger partial charge < -0.3 is 10.0 Å². The van der Waals surface area contributed by atoms with E-state index < -0.39 is 23.5 Å². The molecule has 0 saturated heterocycles. The first-order valence-electron chi connectivity index (χ1n) is 11.0. The Morgan fingerprint density at radius 2 is 1.83 bits per heavy atom. The molecule has 35 heavy (non-hydrogen) atoms. The van der Waals surface area contributed by atoms with Crippen molar-refractivity contribution in [2.45, 2.75) is 19.4 Å². The summed E-state index contributed by atoms with van der Waals surface area (Å²) in [6, 6.07) is 18.7. The number of hydrogen-bond donors (Lipinski definition) is 1. The monoisotopic (exact) mass is 504 g/mol. The predicted molar refractivity (Wildman–Crippen MR) is 135 cm³/mol. The Kier molecular flexibility index (Phi) is 6.32. The van der Waals surface area contributed by atoms with Crippen LogP contribution in [0.25, 0.3) is 10.6 Å². The molecule has 5 rings (SSSR count). The number of thiazole rings is 1. The zero-order chi connectivity index (χ0) is 24.5. The van der Waals surface area contributed by atoms with Crippen LogP contribution >= 0.6 is 22.7 Å². The summed E-state index contributed by atoms with van der Waals surface area (Å²) < 4.78 is 13.3. The molecule has 1 unspecified atom stereocenters. The molecule has 8 heteroatoms. The Balaban J connectivity index is 1.48. The summed E-state index contributed by atoms with van der Waals surface area (Å²) in [5, 5.41) is 13.5. The number of nitrogens with zero attached hydrogens (tertiary/aromatic N) is 2. The number of rotatable bonds is 7. The van der Waals surface area contributed by atoms with Gasteiger partial charge in [0.05, 0.1) is 22.2 Å². The molecule has 0 spiro atoms. The lowest BCUT2D eigenvalue weighted by Gasteiger charge is -2.25. The van der Waals surface area contributed by atoms with E-state index in [0.29, 0.717) is 22.0 Å². The highest BCUT2D eigenvalue weighted by molar-refractivity contribution is 7.17. The Morgan fingerprint density at radius 3 is 2.51 bits per heavy atom. The predicted octanol–water partition coefficient (Wildman–Crippen LogP) is 6.14. The van der Waals surface area contributed by atoms with E-state index in [1.807, 2.05) is 47.8 Å². The number of amides is 1.